The monoisotopic (exact) mass is 361 g/mol. The summed E-state index contributed by atoms with van der Waals surface area (Å²) in [7, 11) is 2.91. The normalized spacial score (nSPS) is 10.5. The largest absolute Gasteiger partial charge is 0.497 e. The third-order valence-corrected chi connectivity index (χ3v) is 3.42. The third-order valence-electron chi connectivity index (χ3n) is 3.42. The van der Waals surface area contributed by atoms with Crippen LogP contribution in [-0.4, -0.2) is 30.3 Å². The molecule has 0 unspecified atom stereocenters. The van der Waals surface area contributed by atoms with Gasteiger partial charge in [0.25, 0.3) is 11.8 Å². The molecule has 0 spiro atoms. The summed E-state index contributed by atoms with van der Waals surface area (Å²) >= 11 is 0. The van der Waals surface area contributed by atoms with E-state index in [0.29, 0.717) is 17.6 Å². The molecule has 134 valence electrons. The molecule has 7 nitrogen and oxygen atoms in total. The van der Waals surface area contributed by atoms with Crippen molar-refractivity contribution >= 4 is 11.9 Å². The van der Waals surface area contributed by atoms with Crippen molar-refractivity contribution in [2.75, 3.05) is 19.5 Å². The molecule has 0 bridgehead atoms. The molecule has 0 atom stereocenters. The minimum Gasteiger partial charge on any atom is -0.497 e. The van der Waals surface area contributed by atoms with Crippen molar-refractivity contribution in [1.29, 1.82) is 0 Å². The van der Waals surface area contributed by atoms with E-state index in [1.807, 2.05) is 0 Å². The molecule has 1 N–H and O–H groups in total. The van der Waals surface area contributed by atoms with E-state index in [2.05, 4.69) is 15.5 Å². The molecule has 1 heterocycles. The van der Waals surface area contributed by atoms with E-state index < -0.39 is 17.5 Å². The number of ether oxygens (including phenoxy) is 2. The first-order valence-corrected chi connectivity index (χ1v) is 7.33. The molecule has 0 aliphatic heterocycles. The molecule has 2 aromatic carbocycles. The van der Waals surface area contributed by atoms with Crippen molar-refractivity contribution in [1.82, 2.24) is 10.2 Å². The van der Waals surface area contributed by atoms with Crippen molar-refractivity contribution in [3.63, 3.8) is 0 Å². The summed E-state index contributed by atoms with van der Waals surface area (Å²) in [5, 5.41) is 9.68. The van der Waals surface area contributed by atoms with Crippen LogP contribution in [0.1, 0.15) is 10.4 Å². The maximum Gasteiger partial charge on any atom is 0.322 e. The second kappa shape index (κ2) is 7.18. The number of benzene rings is 2. The average Bonchev–Trinajstić information content (AvgIpc) is 3.09. The Balaban J connectivity index is 1.82. The fourth-order valence-electron chi connectivity index (χ4n) is 2.15. The molecule has 0 aliphatic carbocycles. The Labute approximate surface area is 146 Å². The van der Waals surface area contributed by atoms with E-state index in [1.165, 1.54) is 26.4 Å². The number of nitrogens with one attached hydrogen (secondary N) is 1. The molecule has 0 radical (unpaired) electrons. The van der Waals surface area contributed by atoms with Gasteiger partial charge in [0.15, 0.2) is 0 Å². The van der Waals surface area contributed by atoms with E-state index in [9.17, 15) is 13.6 Å². The SMILES string of the molecule is COc1cc(OC)cc(C(=O)Nc2nnc(-c3ccc(F)cc3F)o2)c1. The number of anilines is 1. The smallest absolute Gasteiger partial charge is 0.322 e. The maximum absolute atomic E-state index is 13.8. The molecule has 3 rings (SSSR count). The van der Waals surface area contributed by atoms with E-state index >= 15 is 0 Å². The average molecular weight is 361 g/mol. The van der Waals surface area contributed by atoms with Crippen molar-refractivity contribution in [3.05, 3.63) is 53.6 Å². The number of halogens is 2. The second-order valence-corrected chi connectivity index (χ2v) is 5.09. The van der Waals surface area contributed by atoms with Crippen LogP contribution in [-0.2, 0) is 0 Å². The Morgan fingerprint density at radius 1 is 1.04 bits per heavy atom. The van der Waals surface area contributed by atoms with Crippen LogP contribution >= 0.6 is 0 Å². The van der Waals surface area contributed by atoms with Gasteiger partial charge in [0.05, 0.1) is 19.8 Å². The summed E-state index contributed by atoms with van der Waals surface area (Å²) in [5.41, 5.74) is 0.149. The van der Waals surface area contributed by atoms with Crippen LogP contribution in [0.5, 0.6) is 11.5 Å². The van der Waals surface area contributed by atoms with E-state index in [4.69, 9.17) is 13.9 Å². The lowest BCUT2D eigenvalue weighted by molar-refractivity contribution is 0.102. The van der Waals surface area contributed by atoms with Crippen molar-refractivity contribution in [2.24, 2.45) is 0 Å². The Kier molecular flexibility index (Phi) is 4.78. The molecule has 1 amide bonds. The Morgan fingerprint density at radius 3 is 2.35 bits per heavy atom. The van der Waals surface area contributed by atoms with Gasteiger partial charge >= 0.3 is 6.01 Å². The number of aromatic nitrogens is 2. The van der Waals surface area contributed by atoms with Crippen LogP contribution < -0.4 is 14.8 Å². The molecule has 0 saturated heterocycles. The van der Waals surface area contributed by atoms with Crippen LogP contribution in [0, 0.1) is 11.6 Å². The van der Waals surface area contributed by atoms with E-state index in [1.54, 1.807) is 6.07 Å². The third kappa shape index (κ3) is 3.61. The van der Waals surface area contributed by atoms with Gasteiger partial charge in [-0.3, -0.25) is 10.1 Å². The highest BCUT2D eigenvalue weighted by Gasteiger charge is 2.17. The van der Waals surface area contributed by atoms with Crippen LogP contribution in [0.4, 0.5) is 14.8 Å². The number of carbonyl (C=O) groups is 1. The Bertz CT molecular complexity index is 937. The molecule has 26 heavy (non-hydrogen) atoms. The van der Waals surface area contributed by atoms with Gasteiger partial charge in [-0.05, 0) is 24.3 Å². The topological polar surface area (TPSA) is 86.5 Å². The lowest BCUT2D eigenvalue weighted by atomic mass is 10.2. The zero-order chi connectivity index (χ0) is 18.7. The van der Waals surface area contributed by atoms with Gasteiger partial charge in [-0.15, -0.1) is 5.10 Å². The molecule has 0 saturated carbocycles. The van der Waals surface area contributed by atoms with Gasteiger partial charge in [0.2, 0.25) is 0 Å². The van der Waals surface area contributed by atoms with Crippen LogP contribution in [0.3, 0.4) is 0 Å². The number of nitrogens with zero attached hydrogens (tertiary/aromatic N) is 2. The number of methoxy groups -OCH3 is 2. The van der Waals surface area contributed by atoms with Gasteiger partial charge in [-0.25, -0.2) is 8.78 Å². The maximum atomic E-state index is 13.8. The number of carbonyl (C=O) groups excluding carboxylic acids is 1. The molecule has 0 aliphatic rings. The summed E-state index contributed by atoms with van der Waals surface area (Å²) in [4.78, 5) is 12.3. The van der Waals surface area contributed by atoms with Crippen LogP contribution in [0.25, 0.3) is 11.5 Å². The van der Waals surface area contributed by atoms with Gasteiger partial charge in [0, 0.05) is 17.7 Å². The van der Waals surface area contributed by atoms with Crippen molar-refractivity contribution in [3.8, 4) is 23.0 Å². The van der Waals surface area contributed by atoms with Gasteiger partial charge in [0.1, 0.15) is 23.1 Å². The number of rotatable bonds is 5. The first-order chi connectivity index (χ1) is 12.5. The molecule has 0 fully saturated rings. The summed E-state index contributed by atoms with van der Waals surface area (Å²) in [6.07, 6.45) is 0. The minimum absolute atomic E-state index is 0.0811. The quantitative estimate of drug-likeness (QED) is 0.750. The lowest BCUT2D eigenvalue weighted by Gasteiger charge is -2.07. The minimum atomic E-state index is -0.857. The predicted molar refractivity (Wildman–Crippen MR) is 87.1 cm³/mol. The predicted octanol–water partition coefficient (Wildman–Crippen LogP) is 3.28. The number of amides is 1. The summed E-state index contributed by atoms with van der Waals surface area (Å²) in [6.45, 7) is 0. The zero-order valence-corrected chi connectivity index (χ0v) is 13.7. The van der Waals surface area contributed by atoms with Crippen molar-refractivity contribution in [2.45, 2.75) is 0 Å². The van der Waals surface area contributed by atoms with Crippen LogP contribution in [0.2, 0.25) is 0 Å². The first-order valence-electron chi connectivity index (χ1n) is 7.33. The highest BCUT2D eigenvalue weighted by molar-refractivity contribution is 6.03. The second-order valence-electron chi connectivity index (χ2n) is 5.09. The van der Waals surface area contributed by atoms with E-state index in [0.717, 1.165) is 12.1 Å². The lowest BCUT2D eigenvalue weighted by Crippen LogP contribution is -2.12. The summed E-state index contributed by atoms with van der Waals surface area (Å²) in [6, 6.07) is 7.28. The highest BCUT2D eigenvalue weighted by Crippen LogP contribution is 2.25. The van der Waals surface area contributed by atoms with E-state index in [-0.39, 0.29) is 23.0 Å². The standard InChI is InChI=1S/C17H13F2N3O4/c1-24-11-5-9(6-12(8-11)25-2)15(23)20-17-22-21-16(26-17)13-4-3-10(18)7-14(13)19/h3-8H,1-2H3,(H,20,22,23). The summed E-state index contributed by atoms with van der Waals surface area (Å²) in [5.74, 6) is -1.49. The molecular weight excluding hydrogens is 348 g/mol. The molecule has 9 heteroatoms. The molecule has 3 aromatic rings. The molecule has 1 aromatic heterocycles. The Hall–Kier alpha value is -3.49. The highest BCUT2D eigenvalue weighted by atomic mass is 19.1. The van der Waals surface area contributed by atoms with Crippen molar-refractivity contribution < 1.29 is 27.5 Å². The number of hydrogen-bond acceptors (Lipinski definition) is 6. The fraction of sp³-hybridized carbons (Fsp3) is 0.118. The number of hydrogen-bond donors (Lipinski definition) is 1. The fourth-order valence-corrected chi connectivity index (χ4v) is 2.15. The first kappa shape index (κ1) is 17.3. The van der Waals surface area contributed by atoms with Gasteiger partial charge in [-0.1, -0.05) is 5.10 Å². The zero-order valence-electron chi connectivity index (χ0n) is 13.7. The molecular formula is C17H13F2N3O4. The van der Waals surface area contributed by atoms with Crippen LogP contribution in [0.15, 0.2) is 40.8 Å². The van der Waals surface area contributed by atoms with Gasteiger partial charge < -0.3 is 13.9 Å². The van der Waals surface area contributed by atoms with Gasteiger partial charge in [-0.2, -0.15) is 0 Å². The Morgan fingerprint density at radius 2 is 1.73 bits per heavy atom. The summed E-state index contributed by atoms with van der Waals surface area (Å²) < 4.78 is 42.1.